The van der Waals surface area contributed by atoms with Crippen molar-refractivity contribution >= 4 is 50.9 Å². The van der Waals surface area contributed by atoms with Crippen molar-refractivity contribution in [2.24, 2.45) is 0 Å². The molecule has 0 saturated carbocycles. The van der Waals surface area contributed by atoms with Crippen molar-refractivity contribution in [3.63, 3.8) is 0 Å². The minimum atomic E-state index is -4.05. The topological polar surface area (TPSA) is 90.0 Å². The van der Waals surface area contributed by atoms with Crippen LogP contribution in [0.1, 0.15) is 30.9 Å². The van der Waals surface area contributed by atoms with Crippen LogP contribution in [0.3, 0.4) is 0 Å². The largest absolute Gasteiger partial charge is 0.354 e. The molecular formula is C30H36Cl2N4O4S. The summed E-state index contributed by atoms with van der Waals surface area (Å²) in [5.41, 5.74) is 1.75. The van der Waals surface area contributed by atoms with Gasteiger partial charge in [0.05, 0.1) is 5.69 Å². The van der Waals surface area contributed by atoms with Crippen LogP contribution in [-0.4, -0.2) is 62.7 Å². The van der Waals surface area contributed by atoms with Crippen molar-refractivity contribution in [1.82, 2.24) is 14.5 Å². The highest BCUT2D eigenvalue weighted by molar-refractivity contribution is 7.90. The van der Waals surface area contributed by atoms with Gasteiger partial charge in [-0.05, 0) is 41.8 Å². The van der Waals surface area contributed by atoms with Crippen molar-refractivity contribution in [3.05, 3.63) is 100 Å². The zero-order chi connectivity index (χ0) is 30.0. The van der Waals surface area contributed by atoms with E-state index in [9.17, 15) is 18.0 Å². The van der Waals surface area contributed by atoms with E-state index < -0.39 is 28.7 Å². The average Bonchev–Trinajstić information content (AvgIpc) is 2.95. The zero-order valence-corrected chi connectivity index (χ0v) is 25.8. The van der Waals surface area contributed by atoms with Gasteiger partial charge in [0.25, 0.3) is 0 Å². The molecule has 0 fully saturated rings. The Morgan fingerprint density at radius 2 is 1.56 bits per heavy atom. The zero-order valence-electron chi connectivity index (χ0n) is 23.5. The Morgan fingerprint density at radius 3 is 2.15 bits per heavy atom. The van der Waals surface area contributed by atoms with Gasteiger partial charge in [0.15, 0.2) is 0 Å². The normalized spacial score (nSPS) is 12.1. The molecule has 0 aliphatic rings. The van der Waals surface area contributed by atoms with Crippen LogP contribution in [0.25, 0.3) is 0 Å². The van der Waals surface area contributed by atoms with Gasteiger partial charge in [-0.25, -0.2) is 4.31 Å². The molecule has 0 aliphatic heterocycles. The number of halogens is 2. The van der Waals surface area contributed by atoms with Crippen molar-refractivity contribution in [2.75, 3.05) is 31.5 Å². The van der Waals surface area contributed by atoms with Crippen molar-refractivity contribution in [2.45, 2.75) is 38.8 Å². The Morgan fingerprint density at radius 1 is 0.927 bits per heavy atom. The molecule has 11 heteroatoms. The fourth-order valence-electron chi connectivity index (χ4n) is 4.20. The van der Waals surface area contributed by atoms with E-state index in [0.29, 0.717) is 27.8 Å². The van der Waals surface area contributed by atoms with Gasteiger partial charge >= 0.3 is 10.2 Å². The molecule has 1 atom stereocenters. The van der Waals surface area contributed by atoms with Crippen LogP contribution < -0.4 is 9.62 Å². The summed E-state index contributed by atoms with van der Waals surface area (Å²) in [6.45, 7) is 1.92. The van der Waals surface area contributed by atoms with Gasteiger partial charge in [0.2, 0.25) is 11.8 Å². The van der Waals surface area contributed by atoms with Gasteiger partial charge in [-0.15, -0.1) is 0 Å². The summed E-state index contributed by atoms with van der Waals surface area (Å²) in [6.07, 6.45) is 1.90. The predicted molar refractivity (Wildman–Crippen MR) is 165 cm³/mol. The van der Waals surface area contributed by atoms with Gasteiger partial charge in [0, 0.05) is 43.7 Å². The molecule has 0 spiro atoms. The lowest BCUT2D eigenvalue weighted by atomic mass is 10.0. The third kappa shape index (κ3) is 8.94. The van der Waals surface area contributed by atoms with Crippen LogP contribution in [0.2, 0.25) is 10.0 Å². The highest BCUT2D eigenvalue weighted by Crippen LogP contribution is 2.25. The van der Waals surface area contributed by atoms with Gasteiger partial charge < -0.3 is 10.2 Å². The van der Waals surface area contributed by atoms with Gasteiger partial charge in [-0.3, -0.25) is 9.59 Å². The molecular weight excluding hydrogens is 583 g/mol. The van der Waals surface area contributed by atoms with E-state index in [1.165, 1.54) is 19.0 Å². The fraction of sp³-hybridized carbons (Fsp3) is 0.333. The van der Waals surface area contributed by atoms with E-state index in [4.69, 9.17) is 23.2 Å². The number of amides is 2. The number of hydrogen-bond acceptors (Lipinski definition) is 4. The maximum Gasteiger partial charge on any atom is 0.304 e. The second kappa shape index (κ2) is 15.2. The molecule has 8 nitrogen and oxygen atoms in total. The van der Waals surface area contributed by atoms with Gasteiger partial charge in [0.1, 0.15) is 12.6 Å². The quantitative estimate of drug-likeness (QED) is 0.253. The first-order valence-electron chi connectivity index (χ1n) is 13.3. The first kappa shape index (κ1) is 32.4. The third-order valence-corrected chi connectivity index (χ3v) is 8.93. The van der Waals surface area contributed by atoms with Crippen LogP contribution in [0.15, 0.2) is 78.9 Å². The predicted octanol–water partition coefficient (Wildman–Crippen LogP) is 5.16. The Hall–Kier alpha value is -3.11. The lowest BCUT2D eigenvalue weighted by Gasteiger charge is -2.34. The second-order valence-corrected chi connectivity index (χ2v) is 12.7. The van der Waals surface area contributed by atoms with E-state index in [1.54, 1.807) is 48.5 Å². The number of nitrogens with one attached hydrogen (secondary N) is 1. The molecule has 0 radical (unpaired) electrons. The van der Waals surface area contributed by atoms with E-state index in [-0.39, 0.29) is 18.9 Å². The molecule has 0 unspecified atom stereocenters. The molecule has 0 aliphatic carbocycles. The summed E-state index contributed by atoms with van der Waals surface area (Å²) in [5.74, 6) is -0.890. The lowest BCUT2D eigenvalue weighted by Crippen LogP contribution is -2.54. The Labute approximate surface area is 253 Å². The van der Waals surface area contributed by atoms with Crippen molar-refractivity contribution in [1.29, 1.82) is 0 Å². The van der Waals surface area contributed by atoms with Crippen LogP contribution in [-0.2, 0) is 32.8 Å². The number of para-hydroxylation sites is 1. The van der Waals surface area contributed by atoms with E-state index in [2.05, 4.69) is 5.32 Å². The second-order valence-electron chi connectivity index (χ2n) is 9.74. The average molecular weight is 620 g/mol. The smallest absolute Gasteiger partial charge is 0.304 e. The van der Waals surface area contributed by atoms with Gasteiger partial charge in [-0.1, -0.05) is 91.1 Å². The van der Waals surface area contributed by atoms with E-state index in [0.717, 1.165) is 27.0 Å². The molecule has 220 valence electrons. The summed E-state index contributed by atoms with van der Waals surface area (Å²) in [4.78, 5) is 29.3. The number of unbranched alkanes of at least 4 members (excludes halogenated alkanes) is 1. The maximum atomic E-state index is 14.2. The van der Waals surface area contributed by atoms with Crippen molar-refractivity contribution in [3.8, 4) is 0 Å². The molecule has 3 aromatic rings. The summed E-state index contributed by atoms with van der Waals surface area (Å²) in [5, 5.41) is 3.72. The third-order valence-electron chi connectivity index (χ3n) is 6.52. The molecule has 3 aromatic carbocycles. The molecule has 0 heterocycles. The van der Waals surface area contributed by atoms with Crippen LogP contribution in [0, 0.1) is 0 Å². The number of nitrogens with zero attached hydrogens (tertiary/aromatic N) is 3. The molecule has 1 N–H and O–H groups in total. The van der Waals surface area contributed by atoms with E-state index >= 15 is 0 Å². The van der Waals surface area contributed by atoms with Crippen molar-refractivity contribution < 1.29 is 18.0 Å². The number of hydrogen-bond donors (Lipinski definition) is 1. The minimum Gasteiger partial charge on any atom is -0.354 e. The Kier molecular flexibility index (Phi) is 12.0. The summed E-state index contributed by atoms with van der Waals surface area (Å²) in [6, 6.07) is 21.8. The maximum absolute atomic E-state index is 14.2. The number of carbonyl (C=O) groups excluding carboxylic acids is 2. The van der Waals surface area contributed by atoms with Gasteiger partial charge in [-0.2, -0.15) is 12.7 Å². The molecule has 41 heavy (non-hydrogen) atoms. The number of carbonyl (C=O) groups is 2. The summed E-state index contributed by atoms with van der Waals surface area (Å²) in [7, 11) is -1.25. The lowest BCUT2D eigenvalue weighted by molar-refractivity contribution is -0.140. The molecule has 3 rings (SSSR count). The number of anilines is 1. The molecule has 2 amide bonds. The molecule has 0 bridgehead atoms. The standard InChI is InChI=1S/C30H36Cl2N4O4S/c1-4-5-18-33-30(38)28(19-23-12-8-6-9-13-23)35(21-24-16-17-25(31)20-27(24)32)29(37)22-36(41(39,40)34(2)3)26-14-10-7-11-15-26/h6-17,20,28H,4-5,18-19,21-22H2,1-3H3,(H,33,38)/t28-/m1/s1. The Balaban J connectivity index is 2.08. The van der Waals surface area contributed by atoms with Crippen LogP contribution in [0.5, 0.6) is 0 Å². The highest BCUT2D eigenvalue weighted by atomic mass is 35.5. The molecule has 0 aromatic heterocycles. The molecule has 0 saturated heterocycles. The first-order valence-corrected chi connectivity index (χ1v) is 15.5. The number of rotatable bonds is 14. The monoisotopic (exact) mass is 618 g/mol. The fourth-order valence-corrected chi connectivity index (χ4v) is 5.73. The van der Waals surface area contributed by atoms with E-state index in [1.807, 2.05) is 37.3 Å². The summed E-state index contributed by atoms with van der Waals surface area (Å²) < 4.78 is 28.8. The number of benzene rings is 3. The minimum absolute atomic E-state index is 0.0296. The highest BCUT2D eigenvalue weighted by Gasteiger charge is 2.34. The summed E-state index contributed by atoms with van der Waals surface area (Å²) >= 11 is 12.6. The SMILES string of the molecule is CCCCNC(=O)[C@@H](Cc1ccccc1)N(Cc1ccc(Cl)cc1Cl)C(=O)CN(c1ccccc1)S(=O)(=O)N(C)C. The first-order chi connectivity index (χ1) is 19.5. The Bertz CT molecular complexity index is 1410. The van der Waals surface area contributed by atoms with Crippen LogP contribution in [0.4, 0.5) is 5.69 Å². The van der Waals surface area contributed by atoms with Crippen LogP contribution >= 0.6 is 23.2 Å².